The number of hydrogen-bond donors (Lipinski definition) is 2. The minimum atomic E-state index is 0.00407. The normalized spacial score (nSPS) is 11.8. The van der Waals surface area contributed by atoms with Crippen LogP contribution in [0.2, 0.25) is 0 Å². The summed E-state index contributed by atoms with van der Waals surface area (Å²) >= 11 is 0. The van der Waals surface area contributed by atoms with Crippen LogP contribution in [0.3, 0.4) is 0 Å². The van der Waals surface area contributed by atoms with Gasteiger partial charge in [0.25, 0.3) is 0 Å². The maximum Gasteiger partial charge on any atom is 0.224 e. The number of aryl methyl sites for hydroxylation is 1. The molecule has 0 spiro atoms. The third kappa shape index (κ3) is 2.73. The summed E-state index contributed by atoms with van der Waals surface area (Å²) in [7, 11) is 0. The molecule has 3 heteroatoms. The molecule has 0 unspecified atom stereocenters. The van der Waals surface area contributed by atoms with Gasteiger partial charge in [-0.1, -0.05) is 39.0 Å². The molecule has 0 aliphatic carbocycles. The first-order valence-electron chi connectivity index (χ1n) is 6.24. The predicted molar refractivity (Wildman–Crippen MR) is 75.7 cm³/mol. The Kier molecular flexibility index (Phi) is 3.16. The van der Waals surface area contributed by atoms with E-state index < -0.39 is 0 Å². The molecule has 1 heterocycles. The third-order valence-corrected chi connectivity index (χ3v) is 2.85. The van der Waals surface area contributed by atoms with E-state index in [1.54, 1.807) is 0 Å². The number of amides is 1. The van der Waals surface area contributed by atoms with Crippen LogP contribution in [0.15, 0.2) is 24.3 Å². The van der Waals surface area contributed by atoms with Crippen molar-refractivity contribution in [3.05, 3.63) is 30.0 Å². The van der Waals surface area contributed by atoms with Crippen molar-refractivity contribution >= 4 is 22.5 Å². The minimum absolute atomic E-state index is 0.00407. The lowest BCUT2D eigenvalue weighted by Gasteiger charge is -2.17. The molecule has 2 aromatic rings. The van der Waals surface area contributed by atoms with Gasteiger partial charge in [0.2, 0.25) is 5.91 Å². The highest BCUT2D eigenvalue weighted by molar-refractivity contribution is 6.03. The molecular weight excluding hydrogens is 224 g/mol. The Morgan fingerprint density at radius 1 is 1.28 bits per heavy atom. The van der Waals surface area contributed by atoms with E-state index >= 15 is 0 Å². The van der Waals surface area contributed by atoms with Crippen LogP contribution in [0.4, 0.5) is 5.69 Å². The molecule has 2 N–H and O–H groups in total. The lowest BCUT2D eigenvalue weighted by molar-refractivity contribution is -0.117. The number of nitrogens with one attached hydrogen (secondary N) is 2. The van der Waals surface area contributed by atoms with Gasteiger partial charge in [-0.05, 0) is 18.4 Å². The van der Waals surface area contributed by atoms with E-state index in [0.717, 1.165) is 22.3 Å². The van der Waals surface area contributed by atoms with E-state index in [-0.39, 0.29) is 11.3 Å². The van der Waals surface area contributed by atoms with E-state index in [9.17, 15) is 4.79 Å². The average Bonchev–Trinajstić information content (AvgIpc) is 2.53. The first kappa shape index (κ1) is 12.7. The summed E-state index contributed by atoms with van der Waals surface area (Å²) in [5, 5.41) is 4.09. The number of aromatic amines is 1. The van der Waals surface area contributed by atoms with Crippen molar-refractivity contribution in [2.45, 2.75) is 34.1 Å². The van der Waals surface area contributed by atoms with E-state index in [1.807, 2.05) is 31.2 Å². The Labute approximate surface area is 108 Å². The highest BCUT2D eigenvalue weighted by atomic mass is 16.1. The fourth-order valence-corrected chi connectivity index (χ4v) is 2.10. The Morgan fingerprint density at radius 3 is 2.61 bits per heavy atom. The topological polar surface area (TPSA) is 44.9 Å². The first-order valence-corrected chi connectivity index (χ1v) is 6.24. The number of benzene rings is 1. The molecule has 1 amide bonds. The molecule has 0 aliphatic heterocycles. The molecular formula is C15H20N2O. The summed E-state index contributed by atoms with van der Waals surface area (Å²) in [4.78, 5) is 15.3. The van der Waals surface area contributed by atoms with Crippen molar-refractivity contribution in [2.75, 3.05) is 5.32 Å². The molecule has 96 valence electrons. The maximum absolute atomic E-state index is 12.0. The van der Waals surface area contributed by atoms with Crippen LogP contribution in [0, 0.1) is 12.3 Å². The third-order valence-electron chi connectivity index (χ3n) is 2.85. The van der Waals surface area contributed by atoms with E-state index in [2.05, 4.69) is 31.1 Å². The Hall–Kier alpha value is -1.77. The summed E-state index contributed by atoms with van der Waals surface area (Å²) in [6.45, 7) is 8.17. The number of carbonyl (C=O) groups excluding carboxylic acids is 1. The van der Waals surface area contributed by atoms with E-state index in [1.165, 1.54) is 0 Å². The summed E-state index contributed by atoms with van der Waals surface area (Å²) in [5.41, 5.74) is 2.96. The molecule has 0 aliphatic rings. The van der Waals surface area contributed by atoms with Crippen molar-refractivity contribution in [1.29, 1.82) is 0 Å². The van der Waals surface area contributed by atoms with Crippen LogP contribution < -0.4 is 5.32 Å². The quantitative estimate of drug-likeness (QED) is 0.828. The molecule has 2 rings (SSSR count). The van der Waals surface area contributed by atoms with Gasteiger partial charge in [0.05, 0.1) is 5.69 Å². The largest absolute Gasteiger partial charge is 0.357 e. The summed E-state index contributed by atoms with van der Waals surface area (Å²) in [6, 6.07) is 8.00. The number of hydrogen-bond acceptors (Lipinski definition) is 1. The fraction of sp³-hybridized carbons (Fsp3) is 0.400. The van der Waals surface area contributed by atoms with Crippen molar-refractivity contribution < 1.29 is 4.79 Å². The minimum Gasteiger partial charge on any atom is -0.357 e. The van der Waals surface area contributed by atoms with Gasteiger partial charge in [-0.25, -0.2) is 0 Å². The van der Waals surface area contributed by atoms with Crippen molar-refractivity contribution in [2.24, 2.45) is 5.41 Å². The van der Waals surface area contributed by atoms with Gasteiger partial charge >= 0.3 is 0 Å². The monoisotopic (exact) mass is 244 g/mol. The second-order valence-corrected chi connectivity index (χ2v) is 5.96. The zero-order valence-electron chi connectivity index (χ0n) is 11.4. The fourth-order valence-electron chi connectivity index (χ4n) is 2.10. The zero-order valence-corrected chi connectivity index (χ0v) is 11.4. The Morgan fingerprint density at radius 2 is 1.94 bits per heavy atom. The van der Waals surface area contributed by atoms with Crippen LogP contribution in [0.25, 0.3) is 10.9 Å². The molecule has 3 nitrogen and oxygen atoms in total. The first-order chi connectivity index (χ1) is 8.37. The summed E-state index contributed by atoms with van der Waals surface area (Å²) < 4.78 is 0. The number of fused-ring (bicyclic) bond motifs is 1. The van der Waals surface area contributed by atoms with Crippen LogP contribution in [-0.4, -0.2) is 10.9 Å². The highest BCUT2D eigenvalue weighted by Crippen LogP contribution is 2.28. The van der Waals surface area contributed by atoms with Gasteiger partial charge in [0.1, 0.15) is 0 Å². The second kappa shape index (κ2) is 4.48. The molecule has 1 aromatic carbocycles. The maximum atomic E-state index is 12.0. The molecule has 0 saturated carbocycles. The summed E-state index contributed by atoms with van der Waals surface area (Å²) in [6.07, 6.45) is 0.520. The number of carbonyl (C=O) groups is 1. The molecule has 0 saturated heterocycles. The smallest absolute Gasteiger partial charge is 0.224 e. The average molecular weight is 244 g/mol. The number of aromatic nitrogens is 1. The molecule has 0 fully saturated rings. The Bertz CT molecular complexity index is 576. The van der Waals surface area contributed by atoms with Crippen LogP contribution in [-0.2, 0) is 4.79 Å². The number of para-hydroxylation sites is 1. The number of anilines is 1. The van der Waals surface area contributed by atoms with Gasteiger partial charge < -0.3 is 10.3 Å². The highest BCUT2D eigenvalue weighted by Gasteiger charge is 2.17. The van der Waals surface area contributed by atoms with Gasteiger partial charge in [0.15, 0.2) is 0 Å². The predicted octanol–water partition coefficient (Wildman–Crippen LogP) is 3.85. The van der Waals surface area contributed by atoms with Crippen LogP contribution in [0.1, 0.15) is 32.9 Å². The SMILES string of the molecule is Cc1[nH]c2ccccc2c1NC(=O)CC(C)(C)C. The summed E-state index contributed by atoms with van der Waals surface area (Å²) in [5.74, 6) is 0.0651. The van der Waals surface area contributed by atoms with Crippen LogP contribution >= 0.6 is 0 Å². The Balaban J connectivity index is 2.27. The zero-order chi connectivity index (χ0) is 13.3. The standard InChI is InChI=1S/C15H20N2O/c1-10-14(17-13(18)9-15(2,3)4)11-7-5-6-8-12(11)16-10/h5-8,16H,9H2,1-4H3,(H,17,18). The van der Waals surface area contributed by atoms with E-state index in [4.69, 9.17) is 0 Å². The van der Waals surface area contributed by atoms with Gasteiger partial charge in [-0.15, -0.1) is 0 Å². The lowest BCUT2D eigenvalue weighted by Crippen LogP contribution is -2.19. The molecule has 18 heavy (non-hydrogen) atoms. The van der Waals surface area contributed by atoms with Crippen molar-refractivity contribution in [1.82, 2.24) is 4.98 Å². The molecule has 0 bridgehead atoms. The van der Waals surface area contributed by atoms with E-state index in [0.29, 0.717) is 6.42 Å². The van der Waals surface area contributed by atoms with Crippen LogP contribution in [0.5, 0.6) is 0 Å². The number of rotatable bonds is 2. The second-order valence-electron chi connectivity index (χ2n) is 5.96. The molecule has 0 atom stereocenters. The van der Waals surface area contributed by atoms with Gasteiger partial charge in [-0.3, -0.25) is 4.79 Å². The lowest BCUT2D eigenvalue weighted by atomic mass is 9.92. The van der Waals surface area contributed by atoms with Crippen molar-refractivity contribution in [3.8, 4) is 0 Å². The van der Waals surface area contributed by atoms with Crippen molar-refractivity contribution in [3.63, 3.8) is 0 Å². The molecule has 1 aromatic heterocycles. The molecule has 0 radical (unpaired) electrons. The van der Waals surface area contributed by atoms with Gasteiger partial charge in [0, 0.05) is 23.0 Å². The van der Waals surface area contributed by atoms with Gasteiger partial charge in [-0.2, -0.15) is 0 Å². The number of H-pyrrole nitrogens is 1.